The fourth-order valence-corrected chi connectivity index (χ4v) is 2.47. The van der Waals surface area contributed by atoms with Gasteiger partial charge in [-0.25, -0.2) is 0 Å². The molecule has 4 heteroatoms. The van der Waals surface area contributed by atoms with Crippen LogP contribution in [-0.4, -0.2) is 31.6 Å². The molecule has 0 bridgehead atoms. The van der Waals surface area contributed by atoms with Crippen molar-refractivity contribution in [3.05, 3.63) is 41.5 Å². The Bertz CT molecular complexity index is 573. The smallest absolute Gasteiger partial charge is 0.261 e. The number of carbonyl (C=O) groups excluding carboxylic acids is 1. The Labute approximate surface area is 139 Å². The molecule has 0 aromatic heterocycles. The van der Waals surface area contributed by atoms with Crippen molar-refractivity contribution in [3.63, 3.8) is 0 Å². The summed E-state index contributed by atoms with van der Waals surface area (Å²) in [4.78, 5) is 12.2. The van der Waals surface area contributed by atoms with E-state index < -0.39 is 6.10 Å². The Kier molecular flexibility index (Phi) is 5.83. The molecule has 23 heavy (non-hydrogen) atoms. The molecule has 1 aromatic carbocycles. The number of nitrogens with one attached hydrogen (secondary N) is 2. The Hall–Kier alpha value is -1.81. The predicted octanol–water partition coefficient (Wildman–Crippen LogP) is 2.79. The third kappa shape index (κ3) is 5.39. The Balaban J connectivity index is 1.89. The number of ether oxygens (including phenoxy) is 1. The van der Waals surface area contributed by atoms with E-state index in [0.717, 1.165) is 25.3 Å². The number of benzene rings is 1. The SMILES string of the molecule is CC(Oc1cccc(C(C)(C)C)c1)C(=O)NCC1=CCNCC1. The Morgan fingerprint density at radius 2 is 2.17 bits per heavy atom. The van der Waals surface area contributed by atoms with Crippen LogP contribution in [0, 0.1) is 0 Å². The second kappa shape index (κ2) is 7.64. The molecule has 1 aliphatic rings. The molecule has 2 N–H and O–H groups in total. The zero-order chi connectivity index (χ0) is 16.9. The molecule has 0 fully saturated rings. The minimum atomic E-state index is -0.507. The molecule has 0 saturated carbocycles. The summed E-state index contributed by atoms with van der Waals surface area (Å²) in [5.41, 5.74) is 2.54. The van der Waals surface area contributed by atoms with Crippen molar-refractivity contribution in [2.24, 2.45) is 0 Å². The van der Waals surface area contributed by atoms with Crippen LogP contribution < -0.4 is 15.4 Å². The highest BCUT2D eigenvalue weighted by atomic mass is 16.5. The van der Waals surface area contributed by atoms with Gasteiger partial charge in [-0.2, -0.15) is 0 Å². The van der Waals surface area contributed by atoms with Crippen LogP contribution in [0.25, 0.3) is 0 Å². The fraction of sp³-hybridized carbons (Fsp3) is 0.526. The van der Waals surface area contributed by atoms with Crippen molar-refractivity contribution in [2.75, 3.05) is 19.6 Å². The second-order valence-corrected chi connectivity index (χ2v) is 7.07. The van der Waals surface area contributed by atoms with Crippen LogP contribution in [0.15, 0.2) is 35.9 Å². The van der Waals surface area contributed by atoms with Gasteiger partial charge in [-0.15, -0.1) is 0 Å². The van der Waals surface area contributed by atoms with Gasteiger partial charge < -0.3 is 15.4 Å². The van der Waals surface area contributed by atoms with E-state index in [0.29, 0.717) is 6.54 Å². The van der Waals surface area contributed by atoms with Gasteiger partial charge in [0.2, 0.25) is 0 Å². The van der Waals surface area contributed by atoms with E-state index in [-0.39, 0.29) is 11.3 Å². The van der Waals surface area contributed by atoms with Crippen molar-refractivity contribution < 1.29 is 9.53 Å². The van der Waals surface area contributed by atoms with Crippen LogP contribution in [-0.2, 0) is 10.2 Å². The monoisotopic (exact) mass is 316 g/mol. The summed E-state index contributed by atoms with van der Waals surface area (Å²) in [5, 5.41) is 6.22. The molecular weight excluding hydrogens is 288 g/mol. The molecule has 1 atom stereocenters. The first-order valence-electron chi connectivity index (χ1n) is 8.30. The van der Waals surface area contributed by atoms with Crippen LogP contribution in [0.5, 0.6) is 5.75 Å². The number of hydrogen-bond acceptors (Lipinski definition) is 3. The highest BCUT2D eigenvalue weighted by molar-refractivity contribution is 5.80. The van der Waals surface area contributed by atoms with E-state index in [1.54, 1.807) is 6.92 Å². The molecule has 126 valence electrons. The minimum absolute atomic E-state index is 0.0619. The zero-order valence-corrected chi connectivity index (χ0v) is 14.6. The van der Waals surface area contributed by atoms with Crippen LogP contribution in [0.2, 0.25) is 0 Å². The second-order valence-electron chi connectivity index (χ2n) is 7.07. The van der Waals surface area contributed by atoms with Crippen molar-refractivity contribution >= 4 is 5.91 Å². The van der Waals surface area contributed by atoms with Crippen molar-refractivity contribution in [1.29, 1.82) is 0 Å². The first-order valence-corrected chi connectivity index (χ1v) is 8.30. The molecule has 1 unspecified atom stereocenters. The summed E-state index contributed by atoms with van der Waals surface area (Å²) in [6, 6.07) is 7.97. The normalized spacial score (nSPS) is 16.4. The molecule has 1 amide bonds. The first-order chi connectivity index (χ1) is 10.9. The van der Waals surface area contributed by atoms with Gasteiger partial charge in [-0.1, -0.05) is 44.6 Å². The average molecular weight is 316 g/mol. The maximum absolute atomic E-state index is 12.2. The van der Waals surface area contributed by atoms with Gasteiger partial charge in [0.25, 0.3) is 5.91 Å². The predicted molar refractivity (Wildman–Crippen MR) is 93.8 cm³/mol. The fourth-order valence-electron chi connectivity index (χ4n) is 2.47. The number of amides is 1. The van der Waals surface area contributed by atoms with Gasteiger partial charge in [0, 0.05) is 13.1 Å². The van der Waals surface area contributed by atoms with E-state index in [1.165, 1.54) is 11.1 Å². The van der Waals surface area contributed by atoms with Gasteiger partial charge in [0.1, 0.15) is 5.75 Å². The van der Waals surface area contributed by atoms with E-state index in [2.05, 4.69) is 43.5 Å². The number of carbonyl (C=O) groups is 1. The number of hydrogen-bond donors (Lipinski definition) is 2. The van der Waals surface area contributed by atoms with Gasteiger partial charge in [-0.3, -0.25) is 4.79 Å². The minimum Gasteiger partial charge on any atom is -0.481 e. The maximum atomic E-state index is 12.2. The lowest BCUT2D eigenvalue weighted by Crippen LogP contribution is -2.38. The molecule has 1 aliphatic heterocycles. The standard InChI is InChI=1S/C19H28N2O2/c1-14(18(22)21-13-15-8-10-20-11-9-15)23-17-7-5-6-16(12-17)19(2,3)4/h5-8,12,14,20H,9-11,13H2,1-4H3,(H,21,22). The highest BCUT2D eigenvalue weighted by Crippen LogP contribution is 2.26. The van der Waals surface area contributed by atoms with Crippen LogP contribution in [0.4, 0.5) is 0 Å². The zero-order valence-electron chi connectivity index (χ0n) is 14.6. The molecule has 2 rings (SSSR count). The molecule has 0 saturated heterocycles. The van der Waals surface area contributed by atoms with E-state index >= 15 is 0 Å². The molecule has 1 aromatic rings. The quantitative estimate of drug-likeness (QED) is 0.821. The Morgan fingerprint density at radius 3 is 2.83 bits per heavy atom. The number of rotatable bonds is 5. The maximum Gasteiger partial charge on any atom is 0.261 e. The van der Waals surface area contributed by atoms with Gasteiger partial charge in [0.15, 0.2) is 6.10 Å². The summed E-state index contributed by atoms with van der Waals surface area (Å²) in [5.74, 6) is 0.659. The molecule has 0 spiro atoms. The molecule has 0 radical (unpaired) electrons. The van der Waals surface area contributed by atoms with Crippen LogP contribution in [0.1, 0.15) is 39.7 Å². The van der Waals surface area contributed by atoms with Crippen molar-refractivity contribution in [1.82, 2.24) is 10.6 Å². The lowest BCUT2D eigenvalue weighted by Gasteiger charge is -2.21. The molecule has 4 nitrogen and oxygen atoms in total. The summed E-state index contributed by atoms with van der Waals surface area (Å²) in [6.07, 6.45) is 2.62. The summed E-state index contributed by atoms with van der Waals surface area (Å²) in [7, 11) is 0. The highest BCUT2D eigenvalue weighted by Gasteiger charge is 2.17. The lowest BCUT2D eigenvalue weighted by atomic mass is 9.87. The summed E-state index contributed by atoms with van der Waals surface area (Å²) in [6.45, 7) is 10.7. The first kappa shape index (κ1) is 17.5. The summed E-state index contributed by atoms with van der Waals surface area (Å²) >= 11 is 0. The van der Waals surface area contributed by atoms with Crippen LogP contribution in [0.3, 0.4) is 0 Å². The largest absolute Gasteiger partial charge is 0.481 e. The third-order valence-electron chi connectivity index (χ3n) is 4.03. The molecule has 0 aliphatic carbocycles. The topological polar surface area (TPSA) is 50.4 Å². The Morgan fingerprint density at radius 1 is 1.39 bits per heavy atom. The van der Waals surface area contributed by atoms with Crippen molar-refractivity contribution in [3.8, 4) is 5.75 Å². The van der Waals surface area contributed by atoms with E-state index in [9.17, 15) is 4.79 Å². The third-order valence-corrected chi connectivity index (χ3v) is 4.03. The van der Waals surface area contributed by atoms with Gasteiger partial charge in [0.05, 0.1) is 0 Å². The lowest BCUT2D eigenvalue weighted by molar-refractivity contribution is -0.127. The van der Waals surface area contributed by atoms with Gasteiger partial charge in [-0.05, 0) is 43.0 Å². The van der Waals surface area contributed by atoms with E-state index in [4.69, 9.17) is 4.74 Å². The average Bonchev–Trinajstić information content (AvgIpc) is 2.53. The molecular formula is C19H28N2O2. The van der Waals surface area contributed by atoms with Crippen molar-refractivity contribution in [2.45, 2.75) is 45.6 Å². The molecule has 1 heterocycles. The summed E-state index contributed by atoms with van der Waals surface area (Å²) < 4.78 is 5.81. The van der Waals surface area contributed by atoms with Crippen LogP contribution >= 0.6 is 0 Å². The van der Waals surface area contributed by atoms with E-state index in [1.807, 2.05) is 18.2 Å². The van der Waals surface area contributed by atoms with Gasteiger partial charge >= 0.3 is 0 Å².